The fourth-order valence-electron chi connectivity index (χ4n) is 4.42. The number of aliphatic imine (C=N–C) groups is 1. The molecular formula is C25H39N5O2. The van der Waals surface area contributed by atoms with Gasteiger partial charge in [-0.1, -0.05) is 17.7 Å². The van der Waals surface area contributed by atoms with Crippen molar-refractivity contribution >= 4 is 5.96 Å². The minimum atomic E-state index is -0.0817. The van der Waals surface area contributed by atoms with E-state index in [0.29, 0.717) is 6.54 Å². The standard InChI is InChI=1S/C25H39N5O2/c1-6-26-24(27-12-7-13-30-21(4)17-20(3)29-30)28-18-25(10-14-32-15-11-25)22-16-19(2)8-9-23(22)31-5/h8-9,16-17H,6-7,10-15,18H2,1-5H3,(H2,26,27,28). The zero-order chi connectivity index (χ0) is 23.0. The summed E-state index contributed by atoms with van der Waals surface area (Å²) in [5.74, 6) is 1.80. The molecule has 0 spiro atoms. The average molecular weight is 442 g/mol. The number of hydrogen-bond donors (Lipinski definition) is 2. The largest absolute Gasteiger partial charge is 0.496 e. The Morgan fingerprint density at radius 1 is 1.19 bits per heavy atom. The molecular weight excluding hydrogens is 402 g/mol. The Labute approximate surface area is 192 Å². The fourth-order valence-corrected chi connectivity index (χ4v) is 4.42. The molecule has 176 valence electrons. The summed E-state index contributed by atoms with van der Waals surface area (Å²) in [5.41, 5.74) is 4.68. The van der Waals surface area contributed by atoms with Crippen molar-refractivity contribution in [3.63, 3.8) is 0 Å². The van der Waals surface area contributed by atoms with Crippen LogP contribution in [0.5, 0.6) is 5.75 Å². The molecule has 0 radical (unpaired) electrons. The molecule has 0 unspecified atom stereocenters. The van der Waals surface area contributed by atoms with E-state index in [2.05, 4.69) is 65.5 Å². The third kappa shape index (κ3) is 6.03. The molecule has 0 bridgehead atoms. The van der Waals surface area contributed by atoms with Crippen LogP contribution in [0.1, 0.15) is 48.7 Å². The van der Waals surface area contributed by atoms with Crippen LogP contribution in [-0.4, -0.2) is 55.7 Å². The summed E-state index contributed by atoms with van der Waals surface area (Å²) >= 11 is 0. The van der Waals surface area contributed by atoms with Crippen LogP contribution in [0.15, 0.2) is 29.3 Å². The Morgan fingerprint density at radius 3 is 2.62 bits per heavy atom. The van der Waals surface area contributed by atoms with E-state index in [1.807, 2.05) is 6.92 Å². The lowest BCUT2D eigenvalue weighted by Gasteiger charge is -2.37. The molecule has 0 atom stereocenters. The normalized spacial score (nSPS) is 16.1. The van der Waals surface area contributed by atoms with E-state index in [1.165, 1.54) is 16.8 Å². The Bertz CT molecular complexity index is 900. The highest BCUT2D eigenvalue weighted by Gasteiger charge is 2.37. The van der Waals surface area contributed by atoms with Gasteiger partial charge in [0.25, 0.3) is 0 Å². The molecule has 0 amide bonds. The maximum Gasteiger partial charge on any atom is 0.191 e. The van der Waals surface area contributed by atoms with Crippen LogP contribution >= 0.6 is 0 Å². The van der Waals surface area contributed by atoms with Gasteiger partial charge in [0.05, 0.1) is 19.3 Å². The van der Waals surface area contributed by atoms with Crippen LogP contribution in [0.3, 0.4) is 0 Å². The molecule has 0 aliphatic carbocycles. The first-order valence-electron chi connectivity index (χ1n) is 11.7. The molecule has 1 fully saturated rings. The third-order valence-corrected chi connectivity index (χ3v) is 6.20. The summed E-state index contributed by atoms with van der Waals surface area (Å²) in [6.45, 7) is 13.1. The van der Waals surface area contributed by atoms with E-state index in [-0.39, 0.29) is 5.41 Å². The Kier molecular flexibility index (Phi) is 8.56. The lowest BCUT2D eigenvalue weighted by atomic mass is 9.73. The van der Waals surface area contributed by atoms with Crippen LogP contribution in [0.2, 0.25) is 0 Å². The summed E-state index contributed by atoms with van der Waals surface area (Å²) in [4.78, 5) is 5.02. The molecule has 7 heteroatoms. The number of ether oxygens (including phenoxy) is 2. The molecule has 0 saturated carbocycles. The summed E-state index contributed by atoms with van der Waals surface area (Å²) in [5, 5.41) is 11.4. The molecule has 1 aliphatic rings. The predicted molar refractivity (Wildman–Crippen MR) is 130 cm³/mol. The molecule has 1 aliphatic heterocycles. The molecule has 3 rings (SSSR count). The van der Waals surface area contributed by atoms with Crippen molar-refractivity contribution in [1.29, 1.82) is 0 Å². The number of nitrogens with zero attached hydrogens (tertiary/aromatic N) is 3. The molecule has 7 nitrogen and oxygen atoms in total. The Balaban J connectivity index is 1.70. The summed E-state index contributed by atoms with van der Waals surface area (Å²) < 4.78 is 13.5. The number of aryl methyl sites for hydroxylation is 4. The summed E-state index contributed by atoms with van der Waals surface area (Å²) in [7, 11) is 1.75. The lowest BCUT2D eigenvalue weighted by molar-refractivity contribution is 0.0522. The zero-order valence-corrected chi connectivity index (χ0v) is 20.3. The number of hydrogen-bond acceptors (Lipinski definition) is 4. The zero-order valence-electron chi connectivity index (χ0n) is 20.3. The smallest absolute Gasteiger partial charge is 0.191 e. The maximum absolute atomic E-state index is 5.74. The quantitative estimate of drug-likeness (QED) is 0.354. The first-order valence-corrected chi connectivity index (χ1v) is 11.7. The van der Waals surface area contributed by atoms with Gasteiger partial charge in [0.1, 0.15) is 5.75 Å². The van der Waals surface area contributed by atoms with Crippen LogP contribution in [0.4, 0.5) is 0 Å². The highest BCUT2D eigenvalue weighted by Crippen LogP contribution is 2.40. The van der Waals surface area contributed by atoms with Crippen LogP contribution < -0.4 is 15.4 Å². The minimum absolute atomic E-state index is 0.0817. The second-order valence-electron chi connectivity index (χ2n) is 8.72. The second-order valence-corrected chi connectivity index (χ2v) is 8.72. The molecule has 1 aromatic carbocycles. The number of aromatic nitrogens is 2. The minimum Gasteiger partial charge on any atom is -0.496 e. The van der Waals surface area contributed by atoms with Gasteiger partial charge < -0.3 is 20.1 Å². The van der Waals surface area contributed by atoms with Gasteiger partial charge in [-0.25, -0.2) is 0 Å². The van der Waals surface area contributed by atoms with Crippen LogP contribution in [0.25, 0.3) is 0 Å². The van der Waals surface area contributed by atoms with E-state index in [4.69, 9.17) is 14.5 Å². The number of methoxy groups -OCH3 is 1. The van der Waals surface area contributed by atoms with Crippen molar-refractivity contribution in [3.8, 4) is 5.75 Å². The number of guanidine groups is 1. The van der Waals surface area contributed by atoms with E-state index >= 15 is 0 Å². The van der Waals surface area contributed by atoms with Crippen molar-refractivity contribution in [2.24, 2.45) is 4.99 Å². The summed E-state index contributed by atoms with van der Waals surface area (Å²) in [6, 6.07) is 8.56. The van der Waals surface area contributed by atoms with E-state index in [0.717, 1.165) is 69.5 Å². The van der Waals surface area contributed by atoms with Crippen molar-refractivity contribution in [2.45, 2.75) is 58.9 Å². The van der Waals surface area contributed by atoms with Gasteiger partial charge in [0.2, 0.25) is 0 Å². The van der Waals surface area contributed by atoms with Crippen molar-refractivity contribution in [1.82, 2.24) is 20.4 Å². The first kappa shape index (κ1) is 24.1. The van der Waals surface area contributed by atoms with Gasteiger partial charge in [-0.3, -0.25) is 9.67 Å². The fraction of sp³-hybridized carbons (Fsp3) is 0.600. The van der Waals surface area contributed by atoms with Crippen LogP contribution in [0, 0.1) is 20.8 Å². The van der Waals surface area contributed by atoms with Crippen LogP contribution in [-0.2, 0) is 16.7 Å². The Morgan fingerprint density at radius 2 is 1.97 bits per heavy atom. The molecule has 1 aromatic heterocycles. The predicted octanol–water partition coefficient (Wildman–Crippen LogP) is 3.51. The van der Waals surface area contributed by atoms with Gasteiger partial charge in [-0.15, -0.1) is 0 Å². The first-order chi connectivity index (χ1) is 15.5. The van der Waals surface area contributed by atoms with Gasteiger partial charge in [0.15, 0.2) is 5.96 Å². The van der Waals surface area contributed by atoms with Gasteiger partial charge >= 0.3 is 0 Å². The van der Waals surface area contributed by atoms with Crippen molar-refractivity contribution < 1.29 is 9.47 Å². The maximum atomic E-state index is 5.74. The average Bonchev–Trinajstić information content (AvgIpc) is 3.12. The van der Waals surface area contributed by atoms with E-state index in [9.17, 15) is 0 Å². The van der Waals surface area contributed by atoms with Gasteiger partial charge in [-0.05, 0) is 59.1 Å². The summed E-state index contributed by atoms with van der Waals surface area (Å²) in [6.07, 6.45) is 2.86. The highest BCUT2D eigenvalue weighted by atomic mass is 16.5. The number of nitrogens with one attached hydrogen (secondary N) is 2. The number of benzene rings is 1. The van der Waals surface area contributed by atoms with Gasteiger partial charge in [0, 0.05) is 49.5 Å². The SMILES string of the molecule is CCNC(=NCC1(c2cc(C)ccc2OC)CCOCC1)NCCCn1nc(C)cc1C. The van der Waals surface area contributed by atoms with E-state index in [1.54, 1.807) is 7.11 Å². The molecule has 1 saturated heterocycles. The monoisotopic (exact) mass is 441 g/mol. The van der Waals surface area contributed by atoms with Crippen molar-refractivity contribution in [2.75, 3.05) is 40.0 Å². The molecule has 2 heterocycles. The molecule has 2 aromatic rings. The second kappa shape index (κ2) is 11.4. The number of rotatable bonds is 9. The molecule has 32 heavy (non-hydrogen) atoms. The topological polar surface area (TPSA) is 72.7 Å². The molecule has 2 N–H and O–H groups in total. The Hall–Kier alpha value is -2.54. The lowest BCUT2D eigenvalue weighted by Crippen LogP contribution is -2.41. The van der Waals surface area contributed by atoms with Gasteiger partial charge in [-0.2, -0.15) is 5.10 Å². The van der Waals surface area contributed by atoms with E-state index < -0.39 is 0 Å². The highest BCUT2D eigenvalue weighted by molar-refractivity contribution is 5.79. The van der Waals surface area contributed by atoms with Crippen molar-refractivity contribution in [3.05, 3.63) is 46.8 Å². The third-order valence-electron chi connectivity index (χ3n) is 6.20.